The monoisotopic (exact) mass is 574 g/mol. The minimum Gasteiger partial charge on any atom is -0.336 e. The smallest absolute Gasteiger partial charge is 0.265 e. The van der Waals surface area contributed by atoms with E-state index in [4.69, 9.17) is 16.6 Å². The van der Waals surface area contributed by atoms with E-state index >= 15 is 0 Å². The van der Waals surface area contributed by atoms with Gasteiger partial charge in [-0.05, 0) is 44.9 Å². The first-order valence-electron chi connectivity index (χ1n) is 13.8. The summed E-state index contributed by atoms with van der Waals surface area (Å²) in [4.78, 5) is 35.3. The third-order valence-electron chi connectivity index (χ3n) is 7.30. The molecule has 8 heteroatoms. The fraction of sp³-hybridized carbons (Fsp3) is 0.344. The molecule has 2 aliphatic rings. The van der Waals surface area contributed by atoms with Crippen molar-refractivity contribution in [2.24, 2.45) is 0 Å². The number of aryl methyl sites for hydroxylation is 1. The van der Waals surface area contributed by atoms with E-state index < -0.39 is 0 Å². The predicted molar refractivity (Wildman–Crippen MR) is 167 cm³/mol. The number of alkyl halides is 1. The van der Waals surface area contributed by atoms with Crippen LogP contribution in [0.25, 0.3) is 33.6 Å². The molecule has 1 aliphatic carbocycles. The zero-order valence-corrected chi connectivity index (χ0v) is 25.0. The molecular weight excluding hydrogens is 540 g/mol. The first-order chi connectivity index (χ1) is 19.3. The average molecular weight is 575 g/mol. The quantitative estimate of drug-likeness (QED) is 0.337. The van der Waals surface area contributed by atoms with E-state index in [9.17, 15) is 9.59 Å². The van der Waals surface area contributed by atoms with Crippen LogP contribution in [0.3, 0.4) is 0 Å². The molecule has 0 spiro atoms. The maximum absolute atomic E-state index is 14.4. The summed E-state index contributed by atoms with van der Waals surface area (Å²) in [5.41, 5.74) is 7.21. The Morgan fingerprint density at radius 3 is 2.60 bits per heavy atom. The fourth-order valence-electron chi connectivity index (χ4n) is 5.19. The van der Waals surface area contributed by atoms with E-state index in [1.54, 1.807) is 10.6 Å². The summed E-state index contributed by atoms with van der Waals surface area (Å²) in [7, 11) is 0. The van der Waals surface area contributed by atoms with Crippen molar-refractivity contribution in [1.29, 1.82) is 0 Å². The lowest BCUT2D eigenvalue weighted by molar-refractivity contribution is 0.0735. The summed E-state index contributed by atoms with van der Waals surface area (Å²) in [5.74, 6) is -0.0771. The molecule has 1 aromatic carbocycles. The number of allylic oxidation sites excluding steroid dienone is 5. The number of rotatable bonds is 6. The van der Waals surface area contributed by atoms with E-state index in [-0.39, 0.29) is 16.8 Å². The molecule has 1 fully saturated rings. The summed E-state index contributed by atoms with van der Waals surface area (Å²) in [6.07, 6.45) is 7.18. The van der Waals surface area contributed by atoms with E-state index in [1.165, 1.54) is 16.9 Å². The highest BCUT2D eigenvalue weighted by molar-refractivity contribution is 7.13. The van der Waals surface area contributed by atoms with Gasteiger partial charge in [0.2, 0.25) is 0 Å². The second-order valence-electron chi connectivity index (χ2n) is 10.6. The second kappa shape index (κ2) is 12.1. The number of thiazole rings is 1. The van der Waals surface area contributed by atoms with Gasteiger partial charge in [-0.2, -0.15) is 0 Å². The molecule has 1 amide bonds. The van der Waals surface area contributed by atoms with Crippen molar-refractivity contribution in [3.8, 4) is 21.8 Å². The Bertz CT molecular complexity index is 1570. The first-order valence-corrected chi connectivity index (χ1v) is 15.1. The number of nitrogens with one attached hydrogen (secondary N) is 1. The Morgan fingerprint density at radius 2 is 1.93 bits per heavy atom. The number of halogens is 1. The fourth-order valence-corrected chi connectivity index (χ4v) is 6.24. The van der Waals surface area contributed by atoms with Crippen LogP contribution >= 0.6 is 22.9 Å². The minimum atomic E-state index is -0.235. The van der Waals surface area contributed by atoms with Crippen LogP contribution in [0.2, 0.25) is 0 Å². The molecule has 6 nitrogen and oxygen atoms in total. The lowest BCUT2D eigenvalue weighted by Crippen LogP contribution is -2.47. The molecule has 0 bridgehead atoms. The molecule has 1 N–H and O–H groups in total. The summed E-state index contributed by atoms with van der Waals surface area (Å²) >= 11 is 8.04. The van der Waals surface area contributed by atoms with Crippen LogP contribution in [-0.2, 0) is 0 Å². The Morgan fingerprint density at radius 1 is 1.20 bits per heavy atom. The number of benzene rings is 1. The average Bonchev–Trinajstić information content (AvgIpc) is 3.43. The van der Waals surface area contributed by atoms with Gasteiger partial charge in [0.1, 0.15) is 5.01 Å². The molecule has 208 valence electrons. The second-order valence-corrected chi connectivity index (χ2v) is 12.0. The molecule has 0 radical (unpaired) electrons. The summed E-state index contributed by atoms with van der Waals surface area (Å²) in [6.45, 7) is 10.8. The van der Waals surface area contributed by atoms with Crippen molar-refractivity contribution in [1.82, 2.24) is 19.8 Å². The van der Waals surface area contributed by atoms with E-state index in [2.05, 4.69) is 31.3 Å². The Hall–Kier alpha value is -3.26. The standard InChI is InChI=1S/C32H35ClN4O2S/c1-5-22-10-11-24(33)17-28(22)37-29(16-20(2)3)25(31(38)36-14-12-34-13-15-36)18-26(32(37)39)30-35-27(19-40-30)23-8-6-21(4)7-9-23/h6-11,16,18-19,24,34H,5,12-15,17H2,1-4H3/t24-/m0/s1. The number of aromatic nitrogens is 2. The number of hydrogen-bond donors (Lipinski definition) is 1. The van der Waals surface area contributed by atoms with E-state index in [1.807, 2.05) is 54.5 Å². The lowest BCUT2D eigenvalue weighted by Gasteiger charge is -2.29. The number of hydrogen-bond acceptors (Lipinski definition) is 5. The summed E-state index contributed by atoms with van der Waals surface area (Å²) < 4.78 is 1.74. The van der Waals surface area contributed by atoms with E-state index in [0.29, 0.717) is 41.3 Å². The molecule has 3 heterocycles. The lowest BCUT2D eigenvalue weighted by atomic mass is 9.98. The maximum atomic E-state index is 14.4. The van der Waals surface area contributed by atoms with Gasteiger partial charge in [0.25, 0.3) is 11.5 Å². The zero-order valence-electron chi connectivity index (χ0n) is 23.5. The third kappa shape index (κ3) is 5.78. The minimum absolute atomic E-state index is 0.0771. The van der Waals surface area contributed by atoms with Crippen LogP contribution in [0.4, 0.5) is 0 Å². The van der Waals surface area contributed by atoms with Crippen molar-refractivity contribution in [2.75, 3.05) is 26.2 Å². The third-order valence-corrected chi connectivity index (χ3v) is 8.47. The topological polar surface area (TPSA) is 67.2 Å². The van der Waals surface area contributed by atoms with Crippen molar-refractivity contribution >= 4 is 40.6 Å². The van der Waals surface area contributed by atoms with Gasteiger partial charge >= 0.3 is 0 Å². The molecule has 0 saturated carbocycles. The van der Waals surface area contributed by atoms with Crippen LogP contribution < -0.4 is 10.9 Å². The van der Waals surface area contributed by atoms with Gasteiger partial charge in [0.15, 0.2) is 0 Å². The van der Waals surface area contributed by atoms with Crippen molar-refractivity contribution in [3.05, 3.63) is 86.2 Å². The molecule has 5 rings (SSSR count). The number of piperazine rings is 1. The number of pyridine rings is 1. The van der Waals surface area contributed by atoms with Gasteiger partial charge in [-0.25, -0.2) is 4.98 Å². The van der Waals surface area contributed by atoms with Gasteiger partial charge in [-0.1, -0.05) is 54.5 Å². The zero-order chi connectivity index (χ0) is 28.4. The molecule has 1 atom stereocenters. The van der Waals surface area contributed by atoms with Crippen LogP contribution in [0.1, 0.15) is 55.2 Å². The molecule has 40 heavy (non-hydrogen) atoms. The summed E-state index contributed by atoms with van der Waals surface area (Å²) in [6, 6.07) is 9.95. The highest BCUT2D eigenvalue weighted by atomic mass is 35.5. The Balaban J connectivity index is 1.77. The Kier molecular flexibility index (Phi) is 8.54. The predicted octanol–water partition coefficient (Wildman–Crippen LogP) is 6.60. The number of nitrogens with zero attached hydrogens (tertiary/aromatic N) is 3. The first kappa shape index (κ1) is 28.3. The summed E-state index contributed by atoms with van der Waals surface area (Å²) in [5, 5.41) is 5.65. The molecule has 2 aromatic heterocycles. The van der Waals surface area contributed by atoms with Gasteiger partial charge in [0, 0.05) is 49.2 Å². The van der Waals surface area contributed by atoms with Gasteiger partial charge < -0.3 is 10.2 Å². The van der Waals surface area contributed by atoms with Crippen LogP contribution in [0.5, 0.6) is 0 Å². The normalized spacial score (nSPS) is 17.3. The highest BCUT2D eigenvalue weighted by Crippen LogP contribution is 2.33. The molecule has 1 aliphatic heterocycles. The number of carbonyl (C=O) groups excluding carboxylic acids is 1. The molecular formula is C32H35ClN4O2S. The number of carbonyl (C=O) groups is 1. The van der Waals surface area contributed by atoms with Crippen LogP contribution in [0.15, 0.2) is 63.8 Å². The van der Waals surface area contributed by atoms with Crippen molar-refractivity contribution in [2.45, 2.75) is 45.9 Å². The largest absolute Gasteiger partial charge is 0.336 e. The molecule has 3 aromatic rings. The SMILES string of the molecule is CCC1=C(n2c(C=C(C)C)c(C(=O)N3CCNCC3)cc(-c3nc(-c4ccc(C)cc4)cs3)c2=O)C[C@@H](Cl)C=C1. The van der Waals surface area contributed by atoms with Crippen LogP contribution in [0, 0.1) is 6.92 Å². The van der Waals surface area contributed by atoms with Crippen molar-refractivity contribution in [3.63, 3.8) is 0 Å². The maximum Gasteiger partial charge on any atom is 0.265 e. The van der Waals surface area contributed by atoms with Crippen molar-refractivity contribution < 1.29 is 4.79 Å². The highest BCUT2D eigenvalue weighted by Gasteiger charge is 2.28. The van der Waals surface area contributed by atoms with Gasteiger partial charge in [0.05, 0.1) is 27.9 Å². The Labute approximate surface area is 244 Å². The van der Waals surface area contributed by atoms with Crippen LogP contribution in [-0.4, -0.2) is 51.9 Å². The number of amides is 1. The van der Waals surface area contributed by atoms with E-state index in [0.717, 1.165) is 47.6 Å². The van der Waals surface area contributed by atoms with Gasteiger partial charge in [-0.3, -0.25) is 14.2 Å². The molecule has 0 unspecified atom stereocenters. The molecule has 1 saturated heterocycles. The van der Waals surface area contributed by atoms with Gasteiger partial charge in [-0.15, -0.1) is 22.9 Å².